The van der Waals surface area contributed by atoms with Gasteiger partial charge in [-0.2, -0.15) is 0 Å². The molecule has 6 nitrogen and oxygen atoms in total. The minimum absolute atomic E-state index is 0.820. The predicted molar refractivity (Wildman–Crippen MR) is 113 cm³/mol. The van der Waals surface area contributed by atoms with Gasteiger partial charge < -0.3 is 14.6 Å². The number of methoxy groups -OCH3 is 1. The first-order chi connectivity index (χ1) is 12.7. The lowest BCUT2D eigenvalue weighted by Gasteiger charge is -2.10. The molecule has 0 aliphatic carbocycles. The average molecular weight is 483 g/mol. The second-order valence-electron chi connectivity index (χ2n) is 5.78. The number of nitrogens with one attached hydrogen (secondary N) is 1. The van der Waals surface area contributed by atoms with Crippen LogP contribution < -0.4 is 10.1 Å². The summed E-state index contributed by atoms with van der Waals surface area (Å²) in [6.07, 6.45) is 5.73. The van der Waals surface area contributed by atoms with E-state index in [4.69, 9.17) is 9.72 Å². The van der Waals surface area contributed by atoms with Gasteiger partial charge in [0.25, 0.3) is 0 Å². The summed E-state index contributed by atoms with van der Waals surface area (Å²) in [5.41, 5.74) is 1.69. The maximum Gasteiger partial charge on any atom is 0.175 e. The van der Waals surface area contributed by atoms with Crippen molar-refractivity contribution in [2.45, 2.75) is 36.4 Å². The molecule has 0 spiro atoms. The molecule has 2 heterocycles. The van der Waals surface area contributed by atoms with Crippen LogP contribution in [0.25, 0.3) is 11.2 Å². The van der Waals surface area contributed by atoms with Crippen molar-refractivity contribution < 1.29 is 4.74 Å². The largest absolute Gasteiger partial charge is 0.497 e. The molecule has 1 N–H and O–H groups in total. The van der Waals surface area contributed by atoms with Gasteiger partial charge >= 0.3 is 0 Å². The van der Waals surface area contributed by atoms with Crippen LogP contribution >= 0.6 is 34.4 Å². The number of nitrogens with zero attached hydrogens (tertiary/aromatic N) is 4. The van der Waals surface area contributed by atoms with Gasteiger partial charge in [-0.25, -0.2) is 15.0 Å². The maximum atomic E-state index is 5.36. The number of ether oxygens (including phenoxy) is 1. The van der Waals surface area contributed by atoms with Crippen molar-refractivity contribution in [3.63, 3.8) is 0 Å². The summed E-state index contributed by atoms with van der Waals surface area (Å²) >= 11 is 3.97. The lowest BCUT2D eigenvalue weighted by molar-refractivity contribution is 0.413. The highest BCUT2D eigenvalue weighted by Crippen LogP contribution is 2.34. The molecule has 3 aromatic rings. The minimum atomic E-state index is 0.820. The van der Waals surface area contributed by atoms with Crippen LogP contribution in [0.2, 0.25) is 0 Å². The van der Waals surface area contributed by atoms with Crippen molar-refractivity contribution in [3.05, 3.63) is 34.3 Å². The molecule has 0 saturated carbocycles. The highest BCUT2D eigenvalue weighted by molar-refractivity contribution is 14.1. The second-order valence-corrected chi connectivity index (χ2v) is 7.95. The van der Waals surface area contributed by atoms with Crippen LogP contribution in [0.5, 0.6) is 5.75 Å². The zero-order valence-corrected chi connectivity index (χ0v) is 17.9. The van der Waals surface area contributed by atoms with Crippen molar-refractivity contribution in [2.75, 3.05) is 20.2 Å². The predicted octanol–water partition coefficient (Wildman–Crippen LogP) is 3.98. The zero-order valence-electron chi connectivity index (χ0n) is 14.9. The summed E-state index contributed by atoms with van der Waals surface area (Å²) in [7, 11) is 1.68. The van der Waals surface area contributed by atoms with Crippen molar-refractivity contribution in [1.29, 1.82) is 0 Å². The Hall–Kier alpha value is -1.39. The number of fused-ring (bicyclic) bond motifs is 1. The van der Waals surface area contributed by atoms with Crippen LogP contribution in [0.1, 0.15) is 19.8 Å². The fourth-order valence-corrected chi connectivity index (χ4v) is 4.18. The van der Waals surface area contributed by atoms with Gasteiger partial charge in [0, 0.05) is 21.6 Å². The number of rotatable bonds is 9. The molecule has 0 unspecified atom stereocenters. The number of hydrogen-bond donors (Lipinski definition) is 1. The van der Waals surface area contributed by atoms with Gasteiger partial charge in [-0.3, -0.25) is 0 Å². The highest BCUT2D eigenvalue weighted by Gasteiger charge is 2.15. The number of aromatic nitrogens is 4. The topological polar surface area (TPSA) is 64.9 Å². The van der Waals surface area contributed by atoms with E-state index in [9.17, 15) is 0 Å². The minimum Gasteiger partial charge on any atom is -0.497 e. The van der Waals surface area contributed by atoms with Gasteiger partial charge in [0.1, 0.15) is 17.6 Å². The Bertz CT molecular complexity index is 870. The van der Waals surface area contributed by atoms with E-state index in [-0.39, 0.29) is 0 Å². The number of unbranched alkanes of at least 4 members (excludes halogenated alkanes) is 1. The van der Waals surface area contributed by atoms with Crippen LogP contribution in [0, 0.1) is 3.57 Å². The van der Waals surface area contributed by atoms with E-state index in [2.05, 4.69) is 55.4 Å². The molecule has 8 heteroatoms. The Balaban J connectivity index is 1.86. The molecule has 0 fully saturated rings. The third-order valence-electron chi connectivity index (χ3n) is 3.93. The maximum absolute atomic E-state index is 5.36. The molecule has 26 heavy (non-hydrogen) atoms. The average Bonchev–Trinajstić information content (AvgIpc) is 3.00. The molecule has 0 amide bonds. The molecular weight excluding hydrogens is 461 g/mol. The number of halogens is 1. The molecular formula is C18H22IN5OS. The van der Waals surface area contributed by atoms with Gasteiger partial charge in [0.2, 0.25) is 0 Å². The standard InChI is InChI=1S/C18H22IN5OS/c1-3-4-7-20-8-9-24-17-15(11-21-12-22-17)23-18(24)26-16-10-13(25-2)5-6-14(16)19/h5-6,10-12,20H,3-4,7-9H2,1-2H3. The van der Waals surface area contributed by atoms with Crippen LogP contribution in [0.15, 0.2) is 40.8 Å². The van der Waals surface area contributed by atoms with E-state index in [0.717, 1.165) is 46.6 Å². The molecule has 0 atom stereocenters. The van der Waals surface area contributed by atoms with Crippen LogP contribution in [0.3, 0.4) is 0 Å². The second kappa shape index (κ2) is 9.52. The van der Waals surface area contributed by atoms with E-state index in [1.165, 1.54) is 16.4 Å². The van der Waals surface area contributed by atoms with Crippen LogP contribution in [0.4, 0.5) is 0 Å². The Morgan fingerprint density at radius 2 is 2.19 bits per heavy atom. The highest BCUT2D eigenvalue weighted by atomic mass is 127. The zero-order chi connectivity index (χ0) is 18.4. The summed E-state index contributed by atoms with van der Waals surface area (Å²) in [6.45, 7) is 4.94. The quantitative estimate of drug-likeness (QED) is 0.367. The van der Waals surface area contributed by atoms with E-state index in [0.29, 0.717) is 0 Å². The Morgan fingerprint density at radius 3 is 3.00 bits per heavy atom. The third kappa shape index (κ3) is 4.66. The van der Waals surface area contributed by atoms with Gasteiger partial charge in [-0.1, -0.05) is 25.1 Å². The molecule has 2 aromatic heterocycles. The van der Waals surface area contributed by atoms with Gasteiger partial charge in [0.05, 0.1) is 13.3 Å². The summed E-state index contributed by atoms with van der Waals surface area (Å²) in [5, 5.41) is 4.41. The smallest absolute Gasteiger partial charge is 0.175 e. The SMILES string of the molecule is CCCCNCCn1c(Sc2cc(OC)ccc2I)nc2cncnc21. The fraction of sp³-hybridized carbons (Fsp3) is 0.389. The van der Waals surface area contributed by atoms with Crippen LogP contribution in [-0.4, -0.2) is 39.7 Å². The third-order valence-corrected chi connectivity index (χ3v) is 6.29. The first-order valence-corrected chi connectivity index (χ1v) is 10.5. The summed E-state index contributed by atoms with van der Waals surface area (Å²) in [6, 6.07) is 6.07. The fourth-order valence-electron chi connectivity index (χ4n) is 2.54. The van der Waals surface area contributed by atoms with Gasteiger partial charge in [-0.05, 0) is 53.8 Å². The molecule has 0 aliphatic rings. The molecule has 3 rings (SSSR count). The summed E-state index contributed by atoms with van der Waals surface area (Å²) in [4.78, 5) is 14.4. The molecule has 0 bridgehead atoms. The lowest BCUT2D eigenvalue weighted by atomic mass is 10.3. The number of imidazole rings is 1. The Kier molecular flexibility index (Phi) is 7.09. The summed E-state index contributed by atoms with van der Waals surface area (Å²) in [5.74, 6) is 0.844. The van der Waals surface area contributed by atoms with Crippen molar-refractivity contribution in [2.24, 2.45) is 0 Å². The normalized spacial score (nSPS) is 11.2. The molecule has 0 aliphatic heterocycles. The van der Waals surface area contributed by atoms with E-state index in [1.54, 1.807) is 31.4 Å². The van der Waals surface area contributed by atoms with Crippen molar-refractivity contribution in [3.8, 4) is 5.75 Å². The van der Waals surface area contributed by atoms with Crippen molar-refractivity contribution >= 4 is 45.5 Å². The summed E-state index contributed by atoms with van der Waals surface area (Å²) < 4.78 is 8.69. The monoisotopic (exact) mass is 483 g/mol. The number of benzene rings is 1. The number of hydrogen-bond acceptors (Lipinski definition) is 6. The Labute approximate surface area is 171 Å². The molecule has 0 saturated heterocycles. The Morgan fingerprint density at radius 1 is 1.31 bits per heavy atom. The van der Waals surface area contributed by atoms with E-state index >= 15 is 0 Å². The van der Waals surface area contributed by atoms with E-state index < -0.39 is 0 Å². The molecule has 138 valence electrons. The van der Waals surface area contributed by atoms with Gasteiger partial charge in [0.15, 0.2) is 10.8 Å². The van der Waals surface area contributed by atoms with Crippen molar-refractivity contribution in [1.82, 2.24) is 24.8 Å². The molecule has 0 radical (unpaired) electrons. The first-order valence-electron chi connectivity index (χ1n) is 8.61. The molecule has 1 aromatic carbocycles. The lowest BCUT2D eigenvalue weighted by Crippen LogP contribution is -2.21. The first kappa shape index (κ1) is 19.4. The van der Waals surface area contributed by atoms with Crippen LogP contribution in [-0.2, 0) is 6.54 Å². The van der Waals surface area contributed by atoms with E-state index in [1.807, 2.05) is 12.1 Å². The van der Waals surface area contributed by atoms with Gasteiger partial charge in [-0.15, -0.1) is 0 Å².